The maximum absolute atomic E-state index is 13.5. The predicted octanol–water partition coefficient (Wildman–Crippen LogP) is 3.33. The van der Waals surface area contributed by atoms with E-state index in [2.05, 4.69) is 29.3 Å². The lowest BCUT2D eigenvalue weighted by Gasteiger charge is -2.44. The van der Waals surface area contributed by atoms with Crippen LogP contribution in [-0.4, -0.2) is 40.4 Å². The third-order valence-electron chi connectivity index (χ3n) is 7.44. The number of thioether (sulfide) groups is 1. The zero-order valence-electron chi connectivity index (χ0n) is 18.4. The van der Waals surface area contributed by atoms with Gasteiger partial charge in [0.15, 0.2) is 11.4 Å². The average Bonchev–Trinajstić information content (AvgIpc) is 3.61. The van der Waals surface area contributed by atoms with E-state index in [1.165, 1.54) is 16.5 Å². The second kappa shape index (κ2) is 7.30. The molecule has 3 atom stereocenters. The molecule has 8 heteroatoms. The first-order valence-electron chi connectivity index (χ1n) is 11.6. The minimum absolute atomic E-state index is 0.0320. The van der Waals surface area contributed by atoms with Crippen molar-refractivity contribution in [2.24, 2.45) is 11.8 Å². The topological polar surface area (TPSA) is 75.0 Å². The number of nitrogens with zero attached hydrogens (tertiary/aromatic N) is 3. The van der Waals surface area contributed by atoms with E-state index in [1.807, 2.05) is 18.2 Å². The van der Waals surface area contributed by atoms with Crippen LogP contribution in [0.1, 0.15) is 39.6 Å². The zero-order valence-corrected chi connectivity index (χ0v) is 19.2. The maximum atomic E-state index is 13.5. The molecule has 2 aromatic carbocycles. The highest BCUT2D eigenvalue weighted by Crippen LogP contribution is 2.48. The molecule has 34 heavy (non-hydrogen) atoms. The van der Waals surface area contributed by atoms with Crippen LogP contribution in [0.3, 0.4) is 0 Å². The number of aromatic hydroxyl groups is 1. The summed E-state index contributed by atoms with van der Waals surface area (Å²) in [6.07, 6.45) is 2.62. The van der Waals surface area contributed by atoms with Crippen molar-refractivity contribution < 1.29 is 14.6 Å². The summed E-state index contributed by atoms with van der Waals surface area (Å²) in [5.41, 5.74) is 2.87. The number of aromatic nitrogens is 1. The summed E-state index contributed by atoms with van der Waals surface area (Å²) >= 11 is 1.79. The second-order valence-electron chi connectivity index (χ2n) is 9.46. The van der Waals surface area contributed by atoms with Crippen molar-refractivity contribution in [1.82, 2.24) is 9.58 Å². The van der Waals surface area contributed by atoms with Gasteiger partial charge in [-0.15, -0.1) is 11.8 Å². The van der Waals surface area contributed by atoms with Crippen molar-refractivity contribution >= 4 is 17.7 Å². The summed E-state index contributed by atoms with van der Waals surface area (Å²) in [6.45, 7) is 1.56. The van der Waals surface area contributed by atoms with Crippen LogP contribution < -0.4 is 15.2 Å². The largest absolute Gasteiger partial charge is 0.502 e. The molecule has 0 unspecified atom stereocenters. The van der Waals surface area contributed by atoms with Gasteiger partial charge in [-0.25, -0.2) is 0 Å². The van der Waals surface area contributed by atoms with E-state index in [-0.39, 0.29) is 17.6 Å². The Bertz CT molecular complexity index is 1400. The van der Waals surface area contributed by atoms with E-state index in [0.717, 1.165) is 29.1 Å². The highest BCUT2D eigenvalue weighted by Gasteiger charge is 2.45. The van der Waals surface area contributed by atoms with Crippen molar-refractivity contribution in [2.45, 2.75) is 23.1 Å². The maximum Gasteiger partial charge on any atom is 0.277 e. The number of pyridine rings is 1. The Hall–Kier alpha value is -3.39. The van der Waals surface area contributed by atoms with Crippen LogP contribution in [0.4, 0.5) is 0 Å². The highest BCUT2D eigenvalue weighted by atomic mass is 32.2. The van der Waals surface area contributed by atoms with E-state index in [4.69, 9.17) is 4.74 Å². The first-order chi connectivity index (χ1) is 16.6. The van der Waals surface area contributed by atoms with Gasteiger partial charge in [-0.2, -0.15) is 0 Å². The Balaban J connectivity index is 1.53. The van der Waals surface area contributed by atoms with Crippen molar-refractivity contribution in [3.05, 3.63) is 87.3 Å². The van der Waals surface area contributed by atoms with Gasteiger partial charge in [0, 0.05) is 35.0 Å². The molecule has 0 spiro atoms. The summed E-state index contributed by atoms with van der Waals surface area (Å²) in [7, 11) is 0. The number of ether oxygens (including phenoxy) is 1. The third-order valence-corrected chi connectivity index (χ3v) is 8.58. The van der Waals surface area contributed by atoms with Crippen LogP contribution >= 0.6 is 11.8 Å². The van der Waals surface area contributed by atoms with Crippen LogP contribution in [0.5, 0.6) is 11.5 Å². The fraction of sp³-hybridized carbons (Fsp3) is 0.308. The quantitative estimate of drug-likeness (QED) is 0.540. The fourth-order valence-electron chi connectivity index (χ4n) is 5.56. The van der Waals surface area contributed by atoms with Gasteiger partial charge in [-0.1, -0.05) is 30.3 Å². The number of amides is 1. The van der Waals surface area contributed by atoms with Gasteiger partial charge in [0.1, 0.15) is 18.5 Å². The van der Waals surface area contributed by atoms with Gasteiger partial charge < -0.3 is 14.7 Å². The van der Waals surface area contributed by atoms with E-state index in [1.54, 1.807) is 27.5 Å². The molecule has 1 amide bonds. The number of carbonyl (C=O) groups is 1. The molecule has 1 aromatic heterocycles. The lowest BCUT2D eigenvalue weighted by molar-refractivity contribution is 0.0667. The van der Waals surface area contributed by atoms with Gasteiger partial charge in [0.2, 0.25) is 5.43 Å². The van der Waals surface area contributed by atoms with Gasteiger partial charge >= 0.3 is 0 Å². The summed E-state index contributed by atoms with van der Waals surface area (Å²) in [5.74, 6) is 1.63. The molecule has 7 nitrogen and oxygen atoms in total. The normalized spacial score (nSPS) is 24.5. The minimum Gasteiger partial charge on any atom is -0.502 e. The number of hydrogen-bond acceptors (Lipinski definition) is 6. The molecule has 4 heterocycles. The van der Waals surface area contributed by atoms with Gasteiger partial charge in [-0.3, -0.25) is 19.3 Å². The molecule has 1 saturated carbocycles. The number of rotatable bonds is 0. The standard InChI is InChI=1S/C26H23N3O4S/c30-19-8-9-28-24(25(19)31)26(32)27-11-16-10-17(16)12-33-20-6-3-4-15-13-34-21-7-2-1-5-18(21)23(22(15)20)29(28)14-27/h1-9,16-17,23,31H,10-14H2/t16-,17-,23-/m1/s1. The highest BCUT2D eigenvalue weighted by molar-refractivity contribution is 7.98. The van der Waals surface area contributed by atoms with Crippen LogP contribution in [0.15, 0.2) is 64.4 Å². The molecular weight excluding hydrogens is 450 g/mol. The number of carbonyl (C=O) groups excluding carboxylic acids is 1. The van der Waals surface area contributed by atoms with E-state index >= 15 is 0 Å². The van der Waals surface area contributed by atoms with Crippen LogP contribution in [0.25, 0.3) is 0 Å². The van der Waals surface area contributed by atoms with Crippen LogP contribution in [0.2, 0.25) is 0 Å². The second-order valence-corrected chi connectivity index (χ2v) is 10.5. The molecule has 0 saturated heterocycles. The third kappa shape index (κ3) is 2.91. The van der Waals surface area contributed by atoms with E-state index < -0.39 is 11.2 Å². The number of benzene rings is 2. The van der Waals surface area contributed by atoms with Crippen LogP contribution in [-0.2, 0) is 5.75 Å². The Morgan fingerprint density at radius 2 is 1.91 bits per heavy atom. The summed E-state index contributed by atoms with van der Waals surface area (Å²) in [6, 6.07) is 15.6. The first-order valence-corrected chi connectivity index (χ1v) is 12.6. The lowest BCUT2D eigenvalue weighted by atomic mass is 9.93. The molecule has 1 N–H and O–H groups in total. The van der Waals surface area contributed by atoms with Crippen molar-refractivity contribution in [3.8, 4) is 11.5 Å². The van der Waals surface area contributed by atoms with E-state index in [9.17, 15) is 14.7 Å². The zero-order chi connectivity index (χ0) is 23.0. The molecule has 2 bridgehead atoms. The number of hydrogen-bond donors (Lipinski definition) is 1. The molecule has 1 fully saturated rings. The fourth-order valence-corrected chi connectivity index (χ4v) is 6.65. The Labute approximate surface area is 200 Å². The van der Waals surface area contributed by atoms with Gasteiger partial charge in [-0.05, 0) is 41.5 Å². The summed E-state index contributed by atoms with van der Waals surface area (Å²) in [5, 5.41) is 12.8. The number of fused-ring (bicyclic) bond motifs is 8. The lowest BCUT2D eigenvalue weighted by Crippen LogP contribution is -2.56. The predicted molar refractivity (Wildman–Crippen MR) is 128 cm³/mol. The smallest absolute Gasteiger partial charge is 0.277 e. The molecule has 3 aromatic rings. The molecule has 1 aliphatic carbocycles. The molecule has 0 radical (unpaired) electrons. The Morgan fingerprint density at radius 3 is 2.82 bits per heavy atom. The molecule has 172 valence electrons. The minimum atomic E-state index is -0.545. The Morgan fingerprint density at radius 1 is 1.03 bits per heavy atom. The van der Waals surface area contributed by atoms with Crippen LogP contribution in [0, 0.1) is 11.8 Å². The van der Waals surface area contributed by atoms with Gasteiger partial charge in [0.05, 0.1) is 6.61 Å². The van der Waals surface area contributed by atoms with Crippen molar-refractivity contribution in [1.29, 1.82) is 0 Å². The summed E-state index contributed by atoms with van der Waals surface area (Å²) < 4.78 is 8.13. The SMILES string of the molecule is O=C1c2c(O)c(=O)ccn2N2CN1C[C@H]1C[C@@H]1COc1cccc3c1[C@H]2c1ccccc1SC3. The summed E-state index contributed by atoms with van der Waals surface area (Å²) in [4.78, 5) is 28.8. The monoisotopic (exact) mass is 473 g/mol. The molecule has 4 aliphatic rings. The molecule has 7 rings (SSSR count). The molecule has 3 aliphatic heterocycles. The average molecular weight is 474 g/mol. The molecular formula is C26H23N3O4S. The van der Waals surface area contributed by atoms with E-state index in [0.29, 0.717) is 31.7 Å². The first kappa shape index (κ1) is 20.0. The Kier molecular flexibility index (Phi) is 4.30. The van der Waals surface area contributed by atoms with Gasteiger partial charge in [0.25, 0.3) is 5.91 Å². The van der Waals surface area contributed by atoms with Crippen molar-refractivity contribution in [2.75, 3.05) is 24.8 Å². The van der Waals surface area contributed by atoms with Crippen molar-refractivity contribution in [3.63, 3.8) is 0 Å².